The second kappa shape index (κ2) is 13.0. The van der Waals surface area contributed by atoms with Crippen LogP contribution in [0.25, 0.3) is 11.1 Å². The SMILES string of the molecule is C[C](C)=[Zr+2]([CH]1C=C(CCC(C)C)c2ccccc21)[CH]1C=C(CCC(C)C)c2ccccc21.[Cl-].[Cl-]. The second-order valence-electron chi connectivity index (χ2n) is 10.8. The van der Waals surface area contributed by atoms with Gasteiger partial charge < -0.3 is 24.8 Å². The third-order valence-corrected chi connectivity index (χ3v) is 15.7. The maximum Gasteiger partial charge on any atom is -1.00 e. The van der Waals surface area contributed by atoms with Crippen LogP contribution in [0.2, 0.25) is 0 Å². The van der Waals surface area contributed by atoms with E-state index in [2.05, 4.69) is 102 Å². The third kappa shape index (κ3) is 6.32. The Bertz CT molecular complexity index is 991. The molecule has 0 nitrogen and oxygen atoms in total. The van der Waals surface area contributed by atoms with Crippen LogP contribution in [0.1, 0.15) is 96.7 Å². The molecule has 2 unspecified atom stereocenters. The Hall–Kier alpha value is -0.747. The van der Waals surface area contributed by atoms with Gasteiger partial charge in [0, 0.05) is 0 Å². The van der Waals surface area contributed by atoms with Crippen LogP contribution >= 0.6 is 0 Å². The van der Waals surface area contributed by atoms with Crippen LogP contribution in [0.3, 0.4) is 0 Å². The van der Waals surface area contributed by atoms with Crippen LogP contribution < -0.4 is 24.8 Å². The average Bonchev–Trinajstić information content (AvgIpc) is 3.30. The van der Waals surface area contributed by atoms with Crippen molar-refractivity contribution in [3.05, 3.63) is 82.9 Å². The van der Waals surface area contributed by atoms with Crippen molar-refractivity contribution in [2.45, 2.75) is 74.5 Å². The molecule has 0 aliphatic heterocycles. The molecule has 3 heteroatoms. The van der Waals surface area contributed by atoms with E-state index in [0.717, 1.165) is 11.8 Å². The summed E-state index contributed by atoms with van der Waals surface area (Å²) in [5, 5.41) is 0. The number of fused-ring (bicyclic) bond motifs is 2. The van der Waals surface area contributed by atoms with Crippen molar-refractivity contribution < 1.29 is 46.1 Å². The maximum absolute atomic E-state index is 2.72. The van der Waals surface area contributed by atoms with Gasteiger partial charge in [-0.1, -0.05) is 0 Å². The van der Waals surface area contributed by atoms with E-state index in [1.54, 1.807) is 36.6 Å². The summed E-state index contributed by atoms with van der Waals surface area (Å²) >= 11 is -2.05. The molecule has 0 bridgehead atoms. The van der Waals surface area contributed by atoms with Gasteiger partial charge in [-0.15, -0.1) is 0 Å². The number of hydrogen-bond donors (Lipinski definition) is 0. The fourth-order valence-corrected chi connectivity index (χ4v) is 14.3. The minimum absolute atomic E-state index is 0. The molecule has 2 aromatic carbocycles. The molecule has 0 fully saturated rings. The first-order valence-corrected chi connectivity index (χ1v) is 16.7. The van der Waals surface area contributed by atoms with E-state index >= 15 is 0 Å². The van der Waals surface area contributed by atoms with Gasteiger partial charge in [-0.2, -0.15) is 0 Å². The Kier molecular flexibility index (Phi) is 11.3. The topological polar surface area (TPSA) is 0 Å². The van der Waals surface area contributed by atoms with Crippen LogP contribution in [0.4, 0.5) is 0 Å². The van der Waals surface area contributed by atoms with Crippen LogP contribution in [0.15, 0.2) is 60.7 Å². The molecule has 0 radical (unpaired) electrons. The summed E-state index contributed by atoms with van der Waals surface area (Å²) in [7, 11) is 0. The van der Waals surface area contributed by atoms with Gasteiger partial charge in [0.15, 0.2) is 0 Å². The number of rotatable bonds is 8. The standard InChI is InChI=1S/2C14H17.C3H6.2ClH.Zr/c2*1-11(2)7-8-13-10-9-12-5-3-4-6-14(12)13;1-3-2;;;/h2*3-6,9-11H,7-8H2,1-2H3;1-2H3;2*1H;/q;;;;;+2/p-2. The number of hydrogen-bond acceptors (Lipinski definition) is 0. The van der Waals surface area contributed by atoms with Crippen LogP contribution in [0, 0.1) is 11.8 Å². The normalized spacial score (nSPS) is 17.7. The zero-order valence-corrected chi connectivity index (χ0v) is 25.6. The summed E-state index contributed by atoms with van der Waals surface area (Å²) in [5.41, 5.74) is 9.59. The molecule has 0 N–H and O–H groups in total. The van der Waals surface area contributed by atoms with E-state index in [1.807, 2.05) is 0 Å². The molecule has 4 rings (SSSR count). The number of halogens is 2. The van der Waals surface area contributed by atoms with Crippen molar-refractivity contribution in [1.82, 2.24) is 0 Å². The van der Waals surface area contributed by atoms with Gasteiger partial charge in [0.1, 0.15) is 0 Å². The monoisotopic (exact) mass is 572 g/mol. The molecule has 2 atom stereocenters. The molecule has 0 saturated carbocycles. The van der Waals surface area contributed by atoms with Gasteiger partial charge in [-0.25, -0.2) is 0 Å². The smallest absolute Gasteiger partial charge is 1.00 e. The molecule has 0 saturated heterocycles. The van der Waals surface area contributed by atoms with Crippen molar-refractivity contribution in [3.8, 4) is 0 Å². The predicted molar refractivity (Wildman–Crippen MR) is 139 cm³/mol. The summed E-state index contributed by atoms with van der Waals surface area (Å²) in [6.45, 7) is 14.3. The maximum atomic E-state index is 2.72. The van der Waals surface area contributed by atoms with E-state index in [9.17, 15) is 0 Å². The first-order valence-electron chi connectivity index (χ1n) is 12.6. The van der Waals surface area contributed by atoms with Crippen molar-refractivity contribution >= 4 is 14.4 Å². The molecule has 2 aliphatic carbocycles. The van der Waals surface area contributed by atoms with Crippen molar-refractivity contribution in [2.24, 2.45) is 11.8 Å². The zero-order valence-electron chi connectivity index (χ0n) is 21.7. The van der Waals surface area contributed by atoms with Gasteiger partial charge in [-0.05, 0) is 0 Å². The van der Waals surface area contributed by atoms with E-state index in [0.29, 0.717) is 7.25 Å². The Morgan fingerprint density at radius 2 is 1.06 bits per heavy atom. The van der Waals surface area contributed by atoms with Crippen LogP contribution in [-0.2, 0) is 21.3 Å². The molecule has 0 amide bonds. The summed E-state index contributed by atoms with van der Waals surface area (Å²) in [6.07, 6.45) is 10.5. The largest absolute Gasteiger partial charge is 1.00 e. The molecular weight excluding hydrogens is 534 g/mol. The van der Waals surface area contributed by atoms with E-state index in [-0.39, 0.29) is 24.8 Å². The van der Waals surface area contributed by atoms with Crippen LogP contribution in [0.5, 0.6) is 0 Å². The van der Waals surface area contributed by atoms with Gasteiger partial charge in [-0.3, -0.25) is 0 Å². The molecule has 0 heterocycles. The first-order chi connectivity index (χ1) is 15.4. The summed E-state index contributed by atoms with van der Waals surface area (Å²) in [5.74, 6) is 1.51. The average molecular weight is 575 g/mol. The second-order valence-corrected chi connectivity index (χ2v) is 18.6. The Morgan fingerprint density at radius 1 is 0.676 bits per heavy atom. The number of benzene rings is 2. The Balaban J connectivity index is 0.00000204. The molecule has 0 spiro atoms. The molecule has 0 aromatic heterocycles. The number of allylic oxidation sites excluding steroid dienone is 4. The van der Waals surface area contributed by atoms with E-state index < -0.39 is 21.3 Å². The minimum atomic E-state index is -2.05. The minimum Gasteiger partial charge on any atom is -1.00 e. The third-order valence-electron chi connectivity index (χ3n) is 7.25. The van der Waals surface area contributed by atoms with Gasteiger partial charge in [0.25, 0.3) is 0 Å². The van der Waals surface area contributed by atoms with Gasteiger partial charge in [0.05, 0.1) is 0 Å². The molecular formula is C31H40Cl2Zr. The van der Waals surface area contributed by atoms with Crippen molar-refractivity contribution in [2.75, 3.05) is 0 Å². The van der Waals surface area contributed by atoms with Gasteiger partial charge in [0.2, 0.25) is 0 Å². The predicted octanol–water partition coefficient (Wildman–Crippen LogP) is 2.97. The first kappa shape index (κ1) is 29.5. The van der Waals surface area contributed by atoms with E-state index in [1.165, 1.54) is 25.7 Å². The quantitative estimate of drug-likeness (QED) is 0.455. The van der Waals surface area contributed by atoms with E-state index in [4.69, 9.17) is 0 Å². The molecule has 182 valence electrons. The zero-order chi connectivity index (χ0) is 22.8. The van der Waals surface area contributed by atoms with Gasteiger partial charge >= 0.3 is 205 Å². The molecule has 2 aromatic rings. The summed E-state index contributed by atoms with van der Waals surface area (Å²) in [6, 6.07) is 18.7. The Labute approximate surface area is 228 Å². The Morgan fingerprint density at radius 3 is 1.41 bits per heavy atom. The fraction of sp³-hybridized carbons (Fsp3) is 0.452. The van der Waals surface area contributed by atoms with Crippen LogP contribution in [-0.4, -0.2) is 3.21 Å². The van der Waals surface area contributed by atoms with Crippen molar-refractivity contribution in [3.63, 3.8) is 0 Å². The van der Waals surface area contributed by atoms with Crippen molar-refractivity contribution in [1.29, 1.82) is 0 Å². The summed E-state index contributed by atoms with van der Waals surface area (Å²) in [4.78, 5) is 0. The summed E-state index contributed by atoms with van der Waals surface area (Å²) < 4.78 is 3.08. The molecule has 34 heavy (non-hydrogen) atoms. The fourth-order valence-electron chi connectivity index (χ4n) is 5.54. The molecule has 2 aliphatic rings.